The molecular formula is C11H25NO2S. The summed E-state index contributed by atoms with van der Waals surface area (Å²) in [5.41, 5.74) is 0. The van der Waals surface area contributed by atoms with E-state index in [1.165, 1.54) is 30.8 Å². The van der Waals surface area contributed by atoms with Gasteiger partial charge in [-0.15, -0.1) is 0 Å². The lowest BCUT2D eigenvalue weighted by molar-refractivity contribution is 0.199. The number of hydrogen-bond acceptors (Lipinski definition) is 4. The summed E-state index contributed by atoms with van der Waals surface area (Å²) >= 11 is 2.03. The molecule has 0 heterocycles. The van der Waals surface area contributed by atoms with Crippen LogP contribution in [0.1, 0.15) is 19.3 Å². The van der Waals surface area contributed by atoms with E-state index in [1.54, 1.807) is 14.2 Å². The summed E-state index contributed by atoms with van der Waals surface area (Å²) in [4.78, 5) is 0. The Kier molecular flexibility index (Phi) is 14.4. The predicted octanol–water partition coefficient (Wildman–Crippen LogP) is 1.77. The van der Waals surface area contributed by atoms with Crippen molar-refractivity contribution < 1.29 is 9.47 Å². The minimum atomic E-state index is 0.811. The van der Waals surface area contributed by atoms with Crippen molar-refractivity contribution in [3.63, 3.8) is 0 Å². The number of hydrogen-bond donors (Lipinski definition) is 1. The highest BCUT2D eigenvalue weighted by molar-refractivity contribution is 7.99. The molecule has 3 nitrogen and oxygen atoms in total. The van der Waals surface area contributed by atoms with Gasteiger partial charge < -0.3 is 14.8 Å². The zero-order valence-corrected chi connectivity index (χ0v) is 10.9. The second kappa shape index (κ2) is 14.2. The van der Waals surface area contributed by atoms with E-state index in [4.69, 9.17) is 9.47 Å². The third-order valence-electron chi connectivity index (χ3n) is 2.01. The Bertz CT molecular complexity index is 103. The maximum Gasteiger partial charge on any atom is 0.0587 e. The zero-order chi connectivity index (χ0) is 11.2. The molecule has 0 spiro atoms. The number of methoxy groups -OCH3 is 2. The Balaban J connectivity index is 2.81. The van der Waals surface area contributed by atoms with Crippen LogP contribution in [0.15, 0.2) is 0 Å². The van der Waals surface area contributed by atoms with E-state index in [0.29, 0.717) is 0 Å². The van der Waals surface area contributed by atoms with Crippen molar-refractivity contribution in [3.05, 3.63) is 0 Å². The first-order valence-corrected chi connectivity index (χ1v) is 6.83. The van der Waals surface area contributed by atoms with Crippen molar-refractivity contribution in [1.82, 2.24) is 5.32 Å². The van der Waals surface area contributed by atoms with Gasteiger partial charge in [-0.25, -0.2) is 0 Å². The van der Waals surface area contributed by atoms with Crippen LogP contribution in [0.3, 0.4) is 0 Å². The van der Waals surface area contributed by atoms with E-state index in [0.717, 1.165) is 26.3 Å². The Labute approximate surface area is 98.3 Å². The Morgan fingerprint density at radius 1 is 0.867 bits per heavy atom. The van der Waals surface area contributed by atoms with E-state index >= 15 is 0 Å². The first-order chi connectivity index (χ1) is 7.41. The van der Waals surface area contributed by atoms with Gasteiger partial charge in [0.05, 0.1) is 6.61 Å². The van der Waals surface area contributed by atoms with Crippen LogP contribution in [0.4, 0.5) is 0 Å². The summed E-state index contributed by atoms with van der Waals surface area (Å²) in [6, 6.07) is 0. The fourth-order valence-corrected chi connectivity index (χ4v) is 2.10. The number of unbranched alkanes of at least 4 members (excludes halogenated alkanes) is 1. The predicted molar refractivity (Wildman–Crippen MR) is 67.8 cm³/mol. The zero-order valence-electron chi connectivity index (χ0n) is 10.1. The highest BCUT2D eigenvalue weighted by Crippen LogP contribution is 2.05. The molecule has 15 heavy (non-hydrogen) atoms. The lowest BCUT2D eigenvalue weighted by Crippen LogP contribution is -2.20. The van der Waals surface area contributed by atoms with Gasteiger partial charge in [0.25, 0.3) is 0 Å². The van der Waals surface area contributed by atoms with E-state index < -0.39 is 0 Å². The quantitative estimate of drug-likeness (QED) is 0.522. The largest absolute Gasteiger partial charge is 0.385 e. The Morgan fingerprint density at radius 3 is 2.33 bits per heavy atom. The molecule has 0 aromatic rings. The molecule has 0 fully saturated rings. The van der Waals surface area contributed by atoms with E-state index in [1.807, 2.05) is 11.8 Å². The van der Waals surface area contributed by atoms with Crippen molar-refractivity contribution in [2.45, 2.75) is 19.3 Å². The normalized spacial score (nSPS) is 10.8. The lowest BCUT2D eigenvalue weighted by atomic mass is 10.3. The average Bonchev–Trinajstić information content (AvgIpc) is 2.26. The van der Waals surface area contributed by atoms with Crippen LogP contribution in [0.25, 0.3) is 0 Å². The van der Waals surface area contributed by atoms with Crippen LogP contribution in [0.5, 0.6) is 0 Å². The van der Waals surface area contributed by atoms with E-state index in [-0.39, 0.29) is 0 Å². The molecule has 0 rings (SSSR count). The second-order valence-electron chi connectivity index (χ2n) is 3.41. The summed E-state index contributed by atoms with van der Waals surface area (Å²) in [5.74, 6) is 2.50. The van der Waals surface area contributed by atoms with Gasteiger partial charge >= 0.3 is 0 Å². The number of rotatable bonds is 12. The first-order valence-electron chi connectivity index (χ1n) is 5.68. The third kappa shape index (κ3) is 14.2. The monoisotopic (exact) mass is 235 g/mol. The molecular weight excluding hydrogens is 210 g/mol. The van der Waals surface area contributed by atoms with Crippen LogP contribution in [-0.4, -0.2) is 52.0 Å². The molecule has 0 aliphatic rings. The minimum Gasteiger partial charge on any atom is -0.385 e. The highest BCUT2D eigenvalue weighted by Gasteiger charge is 1.91. The fraction of sp³-hybridized carbons (Fsp3) is 1.00. The minimum absolute atomic E-state index is 0.811. The van der Waals surface area contributed by atoms with Crippen molar-refractivity contribution in [2.24, 2.45) is 0 Å². The summed E-state index contributed by atoms with van der Waals surface area (Å²) in [6.45, 7) is 3.79. The second-order valence-corrected chi connectivity index (χ2v) is 4.63. The van der Waals surface area contributed by atoms with Crippen molar-refractivity contribution >= 4 is 11.8 Å². The summed E-state index contributed by atoms with van der Waals surface area (Å²) < 4.78 is 9.94. The molecule has 0 aliphatic carbocycles. The van der Waals surface area contributed by atoms with Gasteiger partial charge in [0, 0.05) is 27.4 Å². The lowest BCUT2D eigenvalue weighted by Gasteiger charge is -2.04. The highest BCUT2D eigenvalue weighted by atomic mass is 32.2. The Morgan fingerprint density at radius 2 is 1.60 bits per heavy atom. The van der Waals surface area contributed by atoms with Crippen LogP contribution >= 0.6 is 11.8 Å². The van der Waals surface area contributed by atoms with Crippen molar-refractivity contribution in [1.29, 1.82) is 0 Å². The van der Waals surface area contributed by atoms with Gasteiger partial charge in [-0.1, -0.05) is 0 Å². The average molecular weight is 235 g/mol. The van der Waals surface area contributed by atoms with Gasteiger partial charge in [-0.05, 0) is 37.3 Å². The standard InChI is InChI=1S/C11H25NO2S/c1-13-8-5-11-15-10-4-3-6-12-7-9-14-2/h12H,3-11H2,1-2H3. The van der Waals surface area contributed by atoms with Crippen LogP contribution in [0.2, 0.25) is 0 Å². The molecule has 0 aromatic carbocycles. The number of ether oxygens (including phenoxy) is 2. The van der Waals surface area contributed by atoms with Gasteiger partial charge in [-0.2, -0.15) is 11.8 Å². The molecule has 4 heteroatoms. The molecule has 0 aromatic heterocycles. The molecule has 0 bridgehead atoms. The van der Waals surface area contributed by atoms with Crippen LogP contribution < -0.4 is 5.32 Å². The van der Waals surface area contributed by atoms with Crippen LogP contribution in [0, 0.1) is 0 Å². The van der Waals surface area contributed by atoms with Gasteiger partial charge in [-0.3, -0.25) is 0 Å². The number of thioether (sulfide) groups is 1. The topological polar surface area (TPSA) is 30.5 Å². The van der Waals surface area contributed by atoms with E-state index in [2.05, 4.69) is 5.32 Å². The van der Waals surface area contributed by atoms with Gasteiger partial charge in [0.1, 0.15) is 0 Å². The van der Waals surface area contributed by atoms with Gasteiger partial charge in [0.15, 0.2) is 0 Å². The molecule has 1 N–H and O–H groups in total. The molecule has 0 amide bonds. The molecule has 0 aliphatic heterocycles. The molecule has 92 valence electrons. The summed E-state index contributed by atoms with van der Waals surface area (Å²) in [6.07, 6.45) is 3.74. The molecule has 0 radical (unpaired) electrons. The maximum atomic E-state index is 4.99. The fourth-order valence-electron chi connectivity index (χ4n) is 1.16. The smallest absolute Gasteiger partial charge is 0.0587 e. The molecule has 0 atom stereocenters. The molecule has 0 saturated heterocycles. The van der Waals surface area contributed by atoms with Gasteiger partial charge in [0.2, 0.25) is 0 Å². The van der Waals surface area contributed by atoms with E-state index in [9.17, 15) is 0 Å². The third-order valence-corrected chi connectivity index (χ3v) is 3.17. The number of nitrogens with one attached hydrogen (secondary N) is 1. The SMILES string of the molecule is COCCCSCCCCNCCOC. The van der Waals surface area contributed by atoms with Crippen molar-refractivity contribution in [2.75, 3.05) is 52.0 Å². The summed E-state index contributed by atoms with van der Waals surface area (Å²) in [5, 5.41) is 3.34. The maximum absolute atomic E-state index is 4.99. The van der Waals surface area contributed by atoms with Crippen molar-refractivity contribution in [3.8, 4) is 0 Å². The Hall–Kier alpha value is 0.230. The van der Waals surface area contributed by atoms with Crippen LogP contribution in [-0.2, 0) is 9.47 Å². The summed E-state index contributed by atoms with van der Waals surface area (Å²) in [7, 11) is 3.49. The first kappa shape index (κ1) is 15.2. The molecule has 0 unspecified atom stereocenters. The molecule has 0 saturated carbocycles.